The Morgan fingerprint density at radius 2 is 1.74 bits per heavy atom. The van der Waals surface area contributed by atoms with Crippen molar-refractivity contribution in [2.75, 3.05) is 25.1 Å². The SMILES string of the molecule is CCOc1cc(C(=O)OCC(=O)Nc2ccccc2OC(F)F)ccc1OCC(C)C. The Hall–Kier alpha value is -3.36. The zero-order valence-corrected chi connectivity index (χ0v) is 17.5. The third-order valence-electron chi connectivity index (χ3n) is 3.76. The van der Waals surface area contributed by atoms with Crippen molar-refractivity contribution in [3.05, 3.63) is 48.0 Å². The molecule has 2 aromatic carbocycles. The van der Waals surface area contributed by atoms with E-state index in [-0.39, 0.29) is 17.0 Å². The van der Waals surface area contributed by atoms with Gasteiger partial charge in [-0.1, -0.05) is 26.0 Å². The van der Waals surface area contributed by atoms with Gasteiger partial charge in [-0.3, -0.25) is 4.79 Å². The highest BCUT2D eigenvalue weighted by molar-refractivity contribution is 5.96. The zero-order chi connectivity index (χ0) is 22.8. The fraction of sp³-hybridized carbons (Fsp3) is 0.364. The van der Waals surface area contributed by atoms with E-state index in [0.717, 1.165) is 0 Å². The minimum absolute atomic E-state index is 0.0362. The predicted octanol–water partition coefficient (Wildman–Crippen LogP) is 4.52. The molecule has 7 nitrogen and oxygen atoms in total. The van der Waals surface area contributed by atoms with Crippen LogP contribution in [0.15, 0.2) is 42.5 Å². The van der Waals surface area contributed by atoms with Crippen LogP contribution in [0.25, 0.3) is 0 Å². The zero-order valence-electron chi connectivity index (χ0n) is 17.5. The van der Waals surface area contributed by atoms with Crippen molar-refractivity contribution in [1.82, 2.24) is 0 Å². The molecule has 2 rings (SSSR count). The molecular weight excluding hydrogens is 412 g/mol. The molecule has 0 fully saturated rings. The topological polar surface area (TPSA) is 83.1 Å². The van der Waals surface area contributed by atoms with Gasteiger partial charge in [-0.25, -0.2) is 4.79 Å². The molecule has 0 radical (unpaired) electrons. The van der Waals surface area contributed by atoms with Crippen molar-refractivity contribution in [2.24, 2.45) is 5.92 Å². The number of nitrogens with one attached hydrogen (secondary N) is 1. The highest BCUT2D eigenvalue weighted by Crippen LogP contribution is 2.29. The Balaban J connectivity index is 1.99. The lowest BCUT2D eigenvalue weighted by Crippen LogP contribution is -2.21. The van der Waals surface area contributed by atoms with Gasteiger partial charge in [0.05, 0.1) is 24.5 Å². The fourth-order valence-electron chi connectivity index (χ4n) is 2.45. The summed E-state index contributed by atoms with van der Waals surface area (Å²) in [4.78, 5) is 24.4. The summed E-state index contributed by atoms with van der Waals surface area (Å²) in [6.45, 7) is 3.03. The van der Waals surface area contributed by atoms with Gasteiger partial charge in [0.1, 0.15) is 5.75 Å². The van der Waals surface area contributed by atoms with Crippen molar-refractivity contribution in [2.45, 2.75) is 27.4 Å². The first-order chi connectivity index (χ1) is 14.8. The number of halogens is 2. The second-order valence-corrected chi connectivity index (χ2v) is 6.80. The van der Waals surface area contributed by atoms with Crippen LogP contribution in [0.2, 0.25) is 0 Å². The first kappa shape index (κ1) is 23.9. The lowest BCUT2D eigenvalue weighted by atomic mass is 10.2. The lowest BCUT2D eigenvalue weighted by Gasteiger charge is -2.14. The molecule has 0 aromatic heterocycles. The number of carbonyl (C=O) groups excluding carboxylic acids is 2. The molecule has 1 amide bonds. The van der Waals surface area contributed by atoms with Gasteiger partial charge in [0.25, 0.3) is 5.91 Å². The Labute approximate surface area is 179 Å². The summed E-state index contributed by atoms with van der Waals surface area (Å²) < 4.78 is 45.5. The molecule has 0 aliphatic carbocycles. The van der Waals surface area contributed by atoms with Gasteiger partial charge in [0.15, 0.2) is 18.1 Å². The smallest absolute Gasteiger partial charge is 0.387 e. The number of carbonyl (C=O) groups is 2. The van der Waals surface area contributed by atoms with Gasteiger partial charge in [-0.2, -0.15) is 8.78 Å². The minimum atomic E-state index is -3.04. The van der Waals surface area contributed by atoms with Gasteiger partial charge >= 0.3 is 12.6 Å². The maximum atomic E-state index is 12.5. The van der Waals surface area contributed by atoms with Crippen LogP contribution >= 0.6 is 0 Å². The van der Waals surface area contributed by atoms with E-state index in [1.807, 2.05) is 13.8 Å². The molecule has 31 heavy (non-hydrogen) atoms. The van der Waals surface area contributed by atoms with E-state index in [4.69, 9.17) is 14.2 Å². The first-order valence-corrected chi connectivity index (χ1v) is 9.70. The molecule has 0 heterocycles. The number of ether oxygens (including phenoxy) is 4. The summed E-state index contributed by atoms with van der Waals surface area (Å²) in [6, 6.07) is 10.3. The maximum absolute atomic E-state index is 12.5. The second-order valence-electron chi connectivity index (χ2n) is 6.80. The second kappa shape index (κ2) is 11.7. The van der Waals surface area contributed by atoms with Crippen LogP contribution in [-0.4, -0.2) is 38.3 Å². The van der Waals surface area contributed by atoms with Crippen LogP contribution in [0.1, 0.15) is 31.1 Å². The normalized spacial score (nSPS) is 10.7. The molecule has 0 spiro atoms. The van der Waals surface area contributed by atoms with Gasteiger partial charge in [0.2, 0.25) is 0 Å². The van der Waals surface area contributed by atoms with Crippen molar-refractivity contribution < 1.29 is 37.3 Å². The molecule has 0 saturated heterocycles. The number of amides is 1. The lowest BCUT2D eigenvalue weighted by molar-refractivity contribution is -0.119. The number of hydrogen-bond acceptors (Lipinski definition) is 6. The molecule has 0 saturated carbocycles. The standard InChI is InChI=1S/C22H25F2NO6/c1-4-28-19-11-15(9-10-18(19)29-12-14(2)3)21(27)30-13-20(26)25-16-7-5-6-8-17(16)31-22(23)24/h5-11,14,22H,4,12-13H2,1-3H3,(H,25,26). The molecule has 0 aliphatic rings. The minimum Gasteiger partial charge on any atom is -0.490 e. The predicted molar refractivity (Wildman–Crippen MR) is 110 cm³/mol. The summed E-state index contributed by atoms with van der Waals surface area (Å²) in [5.41, 5.74) is 0.212. The summed E-state index contributed by atoms with van der Waals surface area (Å²) >= 11 is 0. The Morgan fingerprint density at radius 3 is 2.42 bits per heavy atom. The highest BCUT2D eigenvalue weighted by atomic mass is 19.3. The van der Waals surface area contributed by atoms with E-state index >= 15 is 0 Å². The average Bonchev–Trinajstić information content (AvgIpc) is 2.72. The molecule has 0 atom stereocenters. The number of benzene rings is 2. The Morgan fingerprint density at radius 1 is 1.00 bits per heavy atom. The van der Waals surface area contributed by atoms with Crippen LogP contribution in [0.4, 0.5) is 14.5 Å². The third kappa shape index (κ3) is 7.76. The van der Waals surface area contributed by atoms with Gasteiger partial charge < -0.3 is 24.3 Å². The van der Waals surface area contributed by atoms with Crippen molar-refractivity contribution in [1.29, 1.82) is 0 Å². The monoisotopic (exact) mass is 437 g/mol. The van der Waals surface area contributed by atoms with Crippen molar-refractivity contribution in [3.8, 4) is 17.2 Å². The number of anilines is 1. The van der Waals surface area contributed by atoms with Crippen LogP contribution in [-0.2, 0) is 9.53 Å². The van der Waals surface area contributed by atoms with E-state index in [9.17, 15) is 18.4 Å². The summed E-state index contributed by atoms with van der Waals surface area (Å²) in [5, 5.41) is 2.37. The number of hydrogen-bond donors (Lipinski definition) is 1. The van der Waals surface area contributed by atoms with Gasteiger partial charge in [-0.05, 0) is 43.2 Å². The van der Waals surface area contributed by atoms with Crippen molar-refractivity contribution in [3.63, 3.8) is 0 Å². The Bertz CT molecular complexity index is 888. The number of para-hydroxylation sites is 2. The molecular formula is C22H25F2NO6. The summed E-state index contributed by atoms with van der Waals surface area (Å²) in [7, 11) is 0. The summed E-state index contributed by atoms with van der Waals surface area (Å²) in [6.07, 6.45) is 0. The van der Waals surface area contributed by atoms with Gasteiger partial charge in [-0.15, -0.1) is 0 Å². The highest BCUT2D eigenvalue weighted by Gasteiger charge is 2.16. The van der Waals surface area contributed by atoms with Gasteiger partial charge in [0, 0.05) is 0 Å². The van der Waals surface area contributed by atoms with Crippen LogP contribution in [0, 0.1) is 5.92 Å². The van der Waals surface area contributed by atoms with Crippen LogP contribution in [0.3, 0.4) is 0 Å². The maximum Gasteiger partial charge on any atom is 0.387 e. The Kier molecular flexibility index (Phi) is 9.05. The quantitative estimate of drug-likeness (QED) is 0.521. The summed E-state index contributed by atoms with van der Waals surface area (Å²) in [5.74, 6) is -0.450. The van der Waals surface area contributed by atoms with Crippen LogP contribution < -0.4 is 19.5 Å². The molecule has 2 aromatic rings. The van der Waals surface area contributed by atoms with E-state index in [2.05, 4.69) is 10.1 Å². The first-order valence-electron chi connectivity index (χ1n) is 9.70. The molecule has 9 heteroatoms. The van der Waals surface area contributed by atoms with E-state index in [1.54, 1.807) is 13.0 Å². The van der Waals surface area contributed by atoms with Crippen LogP contribution in [0.5, 0.6) is 17.2 Å². The number of rotatable bonds is 11. The molecule has 0 bridgehead atoms. The van der Waals surface area contributed by atoms with E-state index < -0.39 is 25.1 Å². The van der Waals surface area contributed by atoms with E-state index in [1.165, 1.54) is 36.4 Å². The molecule has 0 unspecified atom stereocenters. The molecule has 168 valence electrons. The van der Waals surface area contributed by atoms with E-state index in [0.29, 0.717) is 30.6 Å². The largest absolute Gasteiger partial charge is 0.490 e. The number of esters is 1. The average molecular weight is 437 g/mol. The molecule has 0 aliphatic heterocycles. The number of alkyl halides is 2. The fourth-order valence-corrected chi connectivity index (χ4v) is 2.45. The third-order valence-corrected chi connectivity index (χ3v) is 3.76. The molecule has 1 N–H and O–H groups in total. The van der Waals surface area contributed by atoms with Crippen molar-refractivity contribution >= 4 is 17.6 Å².